The van der Waals surface area contributed by atoms with E-state index in [0.29, 0.717) is 69.8 Å². The molecule has 9 nitrogen and oxygen atoms in total. The molecule has 1 N–H and O–H groups in total. The van der Waals surface area contributed by atoms with Gasteiger partial charge in [-0.05, 0) is 50.9 Å². The monoisotopic (exact) mass is 583 g/mol. The van der Waals surface area contributed by atoms with Crippen LogP contribution in [0.5, 0.6) is 0 Å². The molecule has 12 heteroatoms. The second kappa shape index (κ2) is 12.9. The molecule has 1 aromatic heterocycles. The maximum Gasteiger partial charge on any atom is 0.417 e. The van der Waals surface area contributed by atoms with Gasteiger partial charge in [0.15, 0.2) is 0 Å². The fourth-order valence-corrected chi connectivity index (χ4v) is 6.53. The fraction of sp³-hybridized carbons (Fsp3) is 0.759. The first kappa shape index (κ1) is 31.7. The van der Waals surface area contributed by atoms with Crippen LogP contribution in [0.2, 0.25) is 0 Å². The summed E-state index contributed by atoms with van der Waals surface area (Å²) in [6, 6.07) is 1.23. The average molecular weight is 584 g/mol. The highest BCUT2D eigenvalue weighted by Crippen LogP contribution is 2.46. The highest BCUT2D eigenvalue weighted by atomic mass is 19.4. The van der Waals surface area contributed by atoms with Crippen LogP contribution in [0.1, 0.15) is 49.4 Å². The first-order chi connectivity index (χ1) is 19.3. The summed E-state index contributed by atoms with van der Waals surface area (Å²) in [5, 5.41) is 3.72. The van der Waals surface area contributed by atoms with Crippen LogP contribution in [-0.4, -0.2) is 111 Å². The van der Waals surface area contributed by atoms with Gasteiger partial charge < -0.3 is 29.5 Å². The second-order valence-corrected chi connectivity index (χ2v) is 12.3. The number of rotatable bonds is 9. The van der Waals surface area contributed by atoms with E-state index in [9.17, 15) is 22.8 Å². The molecule has 2 amide bonds. The van der Waals surface area contributed by atoms with Crippen molar-refractivity contribution < 1.29 is 32.2 Å². The third kappa shape index (κ3) is 7.39. The number of halogens is 3. The Hall–Kier alpha value is -2.28. The summed E-state index contributed by atoms with van der Waals surface area (Å²) in [4.78, 5) is 36.6. The van der Waals surface area contributed by atoms with Gasteiger partial charge in [-0.15, -0.1) is 0 Å². The molecular formula is C29H44F3N5O4. The molecule has 5 atom stereocenters. The van der Waals surface area contributed by atoms with E-state index in [1.54, 1.807) is 24.0 Å². The molecule has 4 rings (SSSR count). The number of alkyl halides is 3. The number of pyridine rings is 1. The second-order valence-electron chi connectivity index (χ2n) is 12.3. The first-order valence-corrected chi connectivity index (χ1v) is 14.4. The molecule has 1 saturated heterocycles. The fourth-order valence-electron chi connectivity index (χ4n) is 6.53. The summed E-state index contributed by atoms with van der Waals surface area (Å²) in [5.41, 5.74) is -0.560. The summed E-state index contributed by atoms with van der Waals surface area (Å²) >= 11 is 0. The van der Waals surface area contributed by atoms with E-state index in [1.165, 1.54) is 0 Å². The van der Waals surface area contributed by atoms with E-state index in [-0.39, 0.29) is 42.5 Å². The molecule has 1 saturated carbocycles. The highest BCUT2D eigenvalue weighted by molar-refractivity contribution is 5.84. The zero-order valence-corrected chi connectivity index (χ0v) is 24.8. The predicted molar refractivity (Wildman–Crippen MR) is 147 cm³/mol. The van der Waals surface area contributed by atoms with E-state index in [2.05, 4.69) is 10.3 Å². The van der Waals surface area contributed by atoms with Crippen LogP contribution in [-0.2, 0) is 38.2 Å². The molecule has 0 spiro atoms. The summed E-state index contributed by atoms with van der Waals surface area (Å²) in [6.45, 7) is 4.65. The quantitative estimate of drug-likeness (QED) is 0.478. The minimum Gasteiger partial charge on any atom is -0.379 e. The summed E-state index contributed by atoms with van der Waals surface area (Å²) in [6.07, 6.45) is -0.865. The Morgan fingerprint density at radius 3 is 2.73 bits per heavy atom. The van der Waals surface area contributed by atoms with Crippen LogP contribution in [0, 0.1) is 11.3 Å². The van der Waals surface area contributed by atoms with Gasteiger partial charge in [0.1, 0.15) is 0 Å². The smallest absolute Gasteiger partial charge is 0.379 e. The van der Waals surface area contributed by atoms with Crippen molar-refractivity contribution in [3.63, 3.8) is 0 Å². The van der Waals surface area contributed by atoms with Gasteiger partial charge in [0.05, 0.1) is 23.7 Å². The molecule has 3 heterocycles. The van der Waals surface area contributed by atoms with Crippen molar-refractivity contribution in [2.45, 2.75) is 69.9 Å². The Labute approximate surface area is 240 Å². The van der Waals surface area contributed by atoms with Crippen LogP contribution in [0.15, 0.2) is 12.3 Å². The van der Waals surface area contributed by atoms with Crippen molar-refractivity contribution in [3.05, 3.63) is 29.1 Å². The minimum atomic E-state index is -4.50. The minimum absolute atomic E-state index is 0.0199. The van der Waals surface area contributed by atoms with Crippen molar-refractivity contribution in [1.82, 2.24) is 25.0 Å². The molecule has 0 radical (unpaired) electrons. The van der Waals surface area contributed by atoms with Crippen molar-refractivity contribution in [2.75, 3.05) is 61.1 Å². The molecule has 0 aromatic carbocycles. The predicted octanol–water partition coefficient (Wildman–Crippen LogP) is 2.57. The number of hydrogen-bond acceptors (Lipinski definition) is 7. The number of amides is 2. The Morgan fingerprint density at radius 1 is 1.29 bits per heavy atom. The number of fused-ring (bicyclic) bond motifs is 1. The van der Waals surface area contributed by atoms with Crippen molar-refractivity contribution in [3.8, 4) is 0 Å². The number of ether oxygens (including phenoxy) is 2. The van der Waals surface area contributed by atoms with Gasteiger partial charge in [0.25, 0.3) is 0 Å². The largest absolute Gasteiger partial charge is 0.417 e. The molecule has 1 aliphatic carbocycles. The summed E-state index contributed by atoms with van der Waals surface area (Å²) in [5.74, 6) is -0.187. The third-order valence-electron chi connectivity index (χ3n) is 9.03. The van der Waals surface area contributed by atoms with E-state index in [0.717, 1.165) is 18.7 Å². The molecule has 5 unspecified atom stereocenters. The van der Waals surface area contributed by atoms with E-state index in [1.807, 2.05) is 25.9 Å². The number of nitrogens with one attached hydrogen (secondary N) is 1. The van der Waals surface area contributed by atoms with Gasteiger partial charge in [-0.2, -0.15) is 13.2 Å². The molecular weight excluding hydrogens is 539 g/mol. The maximum absolute atomic E-state index is 14.2. The van der Waals surface area contributed by atoms with E-state index >= 15 is 0 Å². The Kier molecular flexibility index (Phi) is 9.98. The lowest BCUT2D eigenvalue weighted by Crippen LogP contribution is -2.51. The van der Waals surface area contributed by atoms with Gasteiger partial charge in [0, 0.05) is 83.8 Å². The number of nitrogens with zero attached hydrogens (tertiary/aromatic N) is 4. The lowest BCUT2D eigenvalue weighted by atomic mass is 9.77. The molecule has 3 aliphatic rings. The van der Waals surface area contributed by atoms with Crippen LogP contribution < -0.4 is 5.32 Å². The van der Waals surface area contributed by atoms with Crippen molar-refractivity contribution in [2.24, 2.45) is 11.3 Å². The van der Waals surface area contributed by atoms with Gasteiger partial charge in [-0.1, -0.05) is 6.92 Å². The lowest BCUT2D eigenvalue weighted by Gasteiger charge is -2.39. The SMILES string of the molecule is COC1COCCC1NC1CC(CN(C)C(=O)CCN(C)C)C(C)(C(=O)N2CCc3ncc(C(F)(F)F)cc3C2)C1. The normalized spacial score (nSPS) is 28.6. The number of carbonyl (C=O) groups excluding carboxylic acids is 2. The first-order valence-electron chi connectivity index (χ1n) is 14.4. The Morgan fingerprint density at radius 2 is 2.05 bits per heavy atom. The van der Waals surface area contributed by atoms with E-state index in [4.69, 9.17) is 9.47 Å². The number of carbonyl (C=O) groups is 2. The Bertz CT molecular complexity index is 1090. The molecule has 1 aromatic rings. The zero-order chi connectivity index (χ0) is 29.9. The maximum atomic E-state index is 14.2. The van der Waals surface area contributed by atoms with Gasteiger partial charge in [0.2, 0.25) is 11.8 Å². The van der Waals surface area contributed by atoms with Gasteiger partial charge >= 0.3 is 6.18 Å². The Balaban J connectivity index is 1.54. The van der Waals surface area contributed by atoms with Crippen molar-refractivity contribution in [1.29, 1.82) is 0 Å². The topological polar surface area (TPSA) is 87.2 Å². The van der Waals surface area contributed by atoms with Crippen LogP contribution in [0.4, 0.5) is 13.2 Å². The van der Waals surface area contributed by atoms with Crippen LogP contribution in [0.3, 0.4) is 0 Å². The van der Waals surface area contributed by atoms with E-state index < -0.39 is 17.2 Å². The molecule has 41 heavy (non-hydrogen) atoms. The number of methoxy groups -OCH3 is 1. The third-order valence-corrected chi connectivity index (χ3v) is 9.03. The van der Waals surface area contributed by atoms with Crippen LogP contribution >= 0.6 is 0 Å². The molecule has 0 bridgehead atoms. The number of aromatic nitrogens is 1. The molecule has 2 aliphatic heterocycles. The van der Waals surface area contributed by atoms with Gasteiger partial charge in [-0.3, -0.25) is 14.6 Å². The van der Waals surface area contributed by atoms with Crippen molar-refractivity contribution >= 4 is 11.8 Å². The lowest BCUT2D eigenvalue weighted by molar-refractivity contribution is -0.146. The standard InChI is InChI=1S/C29H44F3N5O4/c1-28(27(39)37-10-6-23-19(16-37)12-20(15-33-23)29(30,31)32)14-22(34-24-8-11-41-18-25(24)40-5)13-21(28)17-36(4)26(38)7-9-35(2)3/h12,15,21-22,24-25,34H,6-11,13-14,16-18H2,1-5H3. The zero-order valence-electron chi connectivity index (χ0n) is 24.8. The number of hydrogen-bond donors (Lipinski definition) is 1. The average Bonchev–Trinajstić information content (AvgIpc) is 3.25. The molecule has 2 fully saturated rings. The molecule has 230 valence electrons. The summed E-state index contributed by atoms with van der Waals surface area (Å²) in [7, 11) is 7.29. The highest BCUT2D eigenvalue weighted by Gasteiger charge is 2.52. The van der Waals surface area contributed by atoms with Gasteiger partial charge in [-0.25, -0.2) is 0 Å². The van der Waals surface area contributed by atoms with Crippen LogP contribution in [0.25, 0.3) is 0 Å². The summed E-state index contributed by atoms with van der Waals surface area (Å²) < 4.78 is 51.3.